The number of fused-ring (bicyclic) bond motifs is 1. The largest absolute Gasteiger partial charge is 0.325 e. The third-order valence-corrected chi connectivity index (χ3v) is 5.66. The zero-order chi connectivity index (χ0) is 21.3. The van der Waals surface area contributed by atoms with Crippen molar-refractivity contribution in [2.24, 2.45) is 0 Å². The second-order valence-corrected chi connectivity index (χ2v) is 7.60. The zero-order valence-corrected chi connectivity index (χ0v) is 17.1. The Morgan fingerprint density at radius 1 is 1.03 bits per heavy atom. The van der Waals surface area contributed by atoms with Crippen LogP contribution in [0.5, 0.6) is 0 Å². The molecule has 1 aliphatic rings. The van der Waals surface area contributed by atoms with Crippen LogP contribution in [0.25, 0.3) is 10.8 Å². The van der Waals surface area contributed by atoms with Crippen molar-refractivity contribution in [1.82, 2.24) is 10.2 Å². The van der Waals surface area contributed by atoms with Crippen molar-refractivity contribution >= 4 is 45.9 Å². The highest BCUT2D eigenvalue weighted by Crippen LogP contribution is 2.33. The first-order chi connectivity index (χ1) is 14.4. The predicted octanol–water partition coefficient (Wildman–Crippen LogP) is 4.29. The quantitative estimate of drug-likeness (QED) is 0.603. The number of amides is 4. The van der Waals surface area contributed by atoms with E-state index in [-0.39, 0.29) is 6.54 Å². The van der Waals surface area contributed by atoms with E-state index in [4.69, 9.17) is 11.6 Å². The van der Waals surface area contributed by atoms with Gasteiger partial charge >= 0.3 is 6.03 Å². The highest BCUT2D eigenvalue weighted by Gasteiger charge is 2.51. The molecule has 152 valence electrons. The van der Waals surface area contributed by atoms with Gasteiger partial charge < -0.3 is 10.6 Å². The molecule has 4 amide bonds. The van der Waals surface area contributed by atoms with Crippen molar-refractivity contribution < 1.29 is 14.4 Å². The summed E-state index contributed by atoms with van der Waals surface area (Å²) in [6, 6.07) is 19.4. The Morgan fingerprint density at radius 2 is 1.73 bits per heavy atom. The molecule has 3 aromatic rings. The zero-order valence-electron chi connectivity index (χ0n) is 16.3. The van der Waals surface area contributed by atoms with Gasteiger partial charge in [0.2, 0.25) is 5.91 Å². The maximum Gasteiger partial charge on any atom is 0.325 e. The normalized spacial score (nSPS) is 18.5. The molecule has 0 aromatic heterocycles. The third-order valence-electron chi connectivity index (χ3n) is 5.41. The SMILES string of the molecule is CCC1(c2ccc(Cl)cc2)NC(=O)N(CC(=O)Nc2cccc3ccccc23)C1=O. The average molecular weight is 422 g/mol. The van der Waals surface area contributed by atoms with Crippen LogP contribution in [0.3, 0.4) is 0 Å². The fourth-order valence-electron chi connectivity index (χ4n) is 3.81. The molecule has 0 radical (unpaired) electrons. The Hall–Kier alpha value is -3.38. The molecule has 7 heteroatoms. The molecule has 6 nitrogen and oxygen atoms in total. The molecule has 3 aromatic carbocycles. The van der Waals surface area contributed by atoms with Crippen LogP contribution in [0.15, 0.2) is 66.7 Å². The first-order valence-electron chi connectivity index (χ1n) is 9.62. The Bertz CT molecular complexity index is 1140. The lowest BCUT2D eigenvalue weighted by atomic mass is 9.87. The number of nitrogens with zero attached hydrogens (tertiary/aromatic N) is 1. The van der Waals surface area contributed by atoms with Gasteiger partial charge in [0.15, 0.2) is 0 Å². The molecule has 1 saturated heterocycles. The summed E-state index contributed by atoms with van der Waals surface area (Å²) in [4.78, 5) is 39.4. The molecule has 0 bridgehead atoms. The third kappa shape index (κ3) is 3.39. The van der Waals surface area contributed by atoms with Crippen molar-refractivity contribution in [3.8, 4) is 0 Å². The molecule has 1 aliphatic heterocycles. The van der Waals surface area contributed by atoms with Crippen LogP contribution >= 0.6 is 11.6 Å². The minimum Gasteiger partial charge on any atom is -0.324 e. The number of hydrogen-bond donors (Lipinski definition) is 2. The Balaban J connectivity index is 1.55. The summed E-state index contributed by atoms with van der Waals surface area (Å²) in [6.07, 6.45) is 0.348. The van der Waals surface area contributed by atoms with Crippen LogP contribution in [0.1, 0.15) is 18.9 Å². The van der Waals surface area contributed by atoms with E-state index in [1.807, 2.05) is 43.3 Å². The van der Waals surface area contributed by atoms with Crippen molar-refractivity contribution in [3.63, 3.8) is 0 Å². The Labute approximate surface area is 178 Å². The first-order valence-corrected chi connectivity index (χ1v) is 10.00. The van der Waals surface area contributed by atoms with Gasteiger partial charge in [-0.1, -0.05) is 67.1 Å². The summed E-state index contributed by atoms with van der Waals surface area (Å²) in [6.45, 7) is 1.44. The highest BCUT2D eigenvalue weighted by molar-refractivity contribution is 6.30. The fraction of sp³-hybridized carbons (Fsp3) is 0.174. The van der Waals surface area contributed by atoms with Crippen LogP contribution in [-0.4, -0.2) is 29.3 Å². The van der Waals surface area contributed by atoms with E-state index in [1.165, 1.54) is 0 Å². The Morgan fingerprint density at radius 3 is 2.47 bits per heavy atom. The molecule has 1 atom stereocenters. The van der Waals surface area contributed by atoms with Crippen LogP contribution in [-0.2, 0) is 15.1 Å². The number of carbonyl (C=O) groups excluding carboxylic acids is 3. The summed E-state index contributed by atoms with van der Waals surface area (Å²) in [5.74, 6) is -0.900. The van der Waals surface area contributed by atoms with Gasteiger partial charge in [-0.15, -0.1) is 0 Å². The summed E-state index contributed by atoms with van der Waals surface area (Å²) in [7, 11) is 0. The second-order valence-electron chi connectivity index (χ2n) is 7.16. The predicted molar refractivity (Wildman–Crippen MR) is 116 cm³/mol. The standard InChI is InChI=1S/C23H20ClN3O3/c1-2-23(16-10-12-17(24)13-11-16)21(29)27(22(30)26-23)14-20(28)25-19-9-5-7-15-6-3-4-8-18(15)19/h3-13H,2,14H2,1H3,(H,25,28)(H,26,30). The second kappa shape index (κ2) is 7.80. The number of urea groups is 1. The minimum absolute atomic E-state index is 0.348. The monoisotopic (exact) mass is 421 g/mol. The number of rotatable bonds is 5. The maximum absolute atomic E-state index is 13.2. The lowest BCUT2D eigenvalue weighted by Gasteiger charge is -2.25. The number of hydrogen-bond acceptors (Lipinski definition) is 3. The van der Waals surface area contributed by atoms with Crippen LogP contribution in [0, 0.1) is 0 Å². The molecule has 2 N–H and O–H groups in total. The smallest absolute Gasteiger partial charge is 0.324 e. The number of anilines is 1. The topological polar surface area (TPSA) is 78.5 Å². The van der Waals surface area contributed by atoms with Crippen molar-refractivity contribution in [3.05, 3.63) is 77.3 Å². The van der Waals surface area contributed by atoms with Gasteiger partial charge in [-0.05, 0) is 35.6 Å². The van der Waals surface area contributed by atoms with Crippen LogP contribution in [0.2, 0.25) is 5.02 Å². The van der Waals surface area contributed by atoms with E-state index in [9.17, 15) is 14.4 Å². The van der Waals surface area contributed by atoms with E-state index in [1.54, 1.807) is 30.3 Å². The fourth-order valence-corrected chi connectivity index (χ4v) is 3.94. The van der Waals surface area contributed by atoms with Gasteiger partial charge in [-0.3, -0.25) is 14.5 Å². The van der Waals surface area contributed by atoms with Gasteiger partial charge in [-0.2, -0.15) is 0 Å². The van der Waals surface area contributed by atoms with E-state index < -0.39 is 23.4 Å². The number of nitrogens with one attached hydrogen (secondary N) is 2. The van der Waals surface area contributed by atoms with Gasteiger partial charge in [0.25, 0.3) is 5.91 Å². The van der Waals surface area contributed by atoms with E-state index in [0.717, 1.165) is 15.7 Å². The van der Waals surface area contributed by atoms with Crippen molar-refractivity contribution in [2.75, 3.05) is 11.9 Å². The minimum atomic E-state index is -1.21. The number of imide groups is 1. The van der Waals surface area contributed by atoms with Crippen molar-refractivity contribution in [1.29, 1.82) is 0 Å². The molecular formula is C23H20ClN3O3. The van der Waals surface area contributed by atoms with Crippen molar-refractivity contribution in [2.45, 2.75) is 18.9 Å². The highest BCUT2D eigenvalue weighted by atomic mass is 35.5. The number of halogens is 1. The number of carbonyl (C=O) groups is 3. The summed E-state index contributed by atoms with van der Waals surface area (Å²) in [5.41, 5.74) is 0.0517. The summed E-state index contributed by atoms with van der Waals surface area (Å²) < 4.78 is 0. The van der Waals surface area contributed by atoms with E-state index >= 15 is 0 Å². The lowest BCUT2D eigenvalue weighted by molar-refractivity contribution is -0.134. The molecule has 1 fully saturated rings. The first kappa shape index (κ1) is 19.9. The Kier molecular flexibility index (Phi) is 5.18. The van der Waals surface area contributed by atoms with E-state index in [2.05, 4.69) is 10.6 Å². The molecule has 0 aliphatic carbocycles. The molecule has 30 heavy (non-hydrogen) atoms. The average Bonchev–Trinajstić information content (AvgIpc) is 2.99. The molecular weight excluding hydrogens is 402 g/mol. The molecule has 0 saturated carbocycles. The van der Waals surface area contributed by atoms with Gasteiger partial charge in [0.1, 0.15) is 12.1 Å². The van der Waals surface area contributed by atoms with Crippen LogP contribution in [0.4, 0.5) is 10.5 Å². The van der Waals surface area contributed by atoms with Gasteiger partial charge in [-0.25, -0.2) is 4.79 Å². The molecule has 1 heterocycles. The maximum atomic E-state index is 13.2. The lowest BCUT2D eigenvalue weighted by Crippen LogP contribution is -2.44. The molecule has 0 spiro atoms. The molecule has 4 rings (SSSR count). The van der Waals surface area contributed by atoms with E-state index in [0.29, 0.717) is 22.7 Å². The summed E-state index contributed by atoms with van der Waals surface area (Å²) >= 11 is 5.95. The van der Waals surface area contributed by atoms with Crippen LogP contribution < -0.4 is 10.6 Å². The van der Waals surface area contributed by atoms with Gasteiger partial charge in [0.05, 0.1) is 0 Å². The number of benzene rings is 3. The summed E-state index contributed by atoms with van der Waals surface area (Å²) in [5, 5.41) is 7.98. The molecule has 1 unspecified atom stereocenters. The van der Waals surface area contributed by atoms with Gasteiger partial charge in [0, 0.05) is 16.1 Å².